The number of carbonyl (C=O) groups is 1. The minimum Gasteiger partial charge on any atom is -0.494 e. The van der Waals surface area contributed by atoms with E-state index in [1.165, 1.54) is 0 Å². The van der Waals surface area contributed by atoms with Crippen molar-refractivity contribution in [2.24, 2.45) is 10.8 Å². The molecule has 1 aliphatic rings. The number of nitrogens with zero attached hydrogens (tertiary/aromatic N) is 1. The first kappa shape index (κ1) is 26.4. The first-order chi connectivity index (χ1) is 17.4. The molecule has 0 fully saturated rings. The average molecular weight is 593 g/mol. The highest BCUT2D eigenvalue weighted by atomic mass is 79.9. The Labute approximate surface area is 227 Å². The quantitative estimate of drug-likeness (QED) is 0.140. The van der Waals surface area contributed by atoms with Crippen molar-refractivity contribution in [2.75, 3.05) is 13.2 Å². The van der Waals surface area contributed by atoms with Gasteiger partial charge in [0.15, 0.2) is 11.6 Å². The number of hydrogen-bond acceptors (Lipinski definition) is 6. The molecule has 4 N–H and O–H groups in total. The van der Waals surface area contributed by atoms with Crippen LogP contribution in [0.5, 0.6) is 5.75 Å². The van der Waals surface area contributed by atoms with E-state index in [4.69, 9.17) is 48.6 Å². The van der Waals surface area contributed by atoms with Gasteiger partial charge in [0, 0.05) is 45.1 Å². The molecule has 188 valence electrons. The van der Waals surface area contributed by atoms with Crippen LogP contribution in [0.1, 0.15) is 29.2 Å². The van der Waals surface area contributed by atoms with Crippen molar-refractivity contribution in [3.63, 3.8) is 0 Å². The number of hydrazine groups is 1. The van der Waals surface area contributed by atoms with Gasteiger partial charge in [-0.05, 0) is 48.0 Å². The number of amides is 1. The maximum Gasteiger partial charge on any atom is 0.266 e. The Morgan fingerprint density at radius 3 is 2.58 bits per heavy atom. The number of carbonyl (C=O) groups excluding carboxylic acids is 1. The zero-order valence-corrected chi connectivity index (χ0v) is 22.2. The molecular formula is C26H24BrCl2N3O4. The average Bonchev–Trinajstić information content (AvgIpc) is 3.25. The largest absolute Gasteiger partial charge is 0.494 e. The number of aliphatic imine (C=N–C) groups is 1. The third-order valence-electron chi connectivity index (χ3n) is 5.82. The molecule has 4 rings (SSSR count). The van der Waals surface area contributed by atoms with Gasteiger partial charge < -0.3 is 14.6 Å². The Hall–Kier alpha value is -2.62. The fourth-order valence-electron chi connectivity index (χ4n) is 4.03. The molecule has 0 saturated heterocycles. The molecule has 3 aromatic carbocycles. The molecule has 10 heteroatoms. The number of rotatable bonds is 9. The normalized spacial score (nSPS) is 18.9. The summed E-state index contributed by atoms with van der Waals surface area (Å²) < 4.78 is 12.8. The first-order valence-corrected chi connectivity index (χ1v) is 12.7. The molecule has 1 amide bonds. The van der Waals surface area contributed by atoms with E-state index in [1.807, 2.05) is 24.3 Å². The number of aliphatic hydroxyl groups excluding tert-OH is 1. The lowest BCUT2D eigenvalue weighted by Gasteiger charge is -2.30. The summed E-state index contributed by atoms with van der Waals surface area (Å²) in [5, 5.41) is 9.75. The summed E-state index contributed by atoms with van der Waals surface area (Å²) in [5.41, 5.74) is 2.87. The fourth-order valence-corrected chi connectivity index (χ4v) is 4.96. The highest BCUT2D eigenvalue weighted by Gasteiger charge is 2.54. The molecule has 3 aromatic rings. The Kier molecular flexibility index (Phi) is 8.54. The molecule has 2 atom stereocenters. The van der Waals surface area contributed by atoms with Crippen LogP contribution in [0.3, 0.4) is 0 Å². The van der Waals surface area contributed by atoms with Gasteiger partial charge >= 0.3 is 0 Å². The molecule has 0 radical (unpaired) electrons. The van der Waals surface area contributed by atoms with Crippen LogP contribution in [0.25, 0.3) is 0 Å². The summed E-state index contributed by atoms with van der Waals surface area (Å²) in [7, 11) is 0. The number of hydrogen-bond donors (Lipinski definition) is 3. The van der Waals surface area contributed by atoms with Crippen LogP contribution in [-0.4, -0.2) is 35.7 Å². The van der Waals surface area contributed by atoms with E-state index in [1.54, 1.807) is 42.5 Å². The van der Waals surface area contributed by atoms with E-state index in [0.29, 0.717) is 39.9 Å². The summed E-state index contributed by atoms with van der Waals surface area (Å²) in [6.45, 7) is 0.455. The zero-order chi connectivity index (χ0) is 25.7. The number of halogens is 3. The van der Waals surface area contributed by atoms with Gasteiger partial charge in [-0.25, -0.2) is 10.8 Å². The highest BCUT2D eigenvalue weighted by Crippen LogP contribution is 2.45. The molecule has 0 aromatic heterocycles. The van der Waals surface area contributed by atoms with E-state index in [0.717, 1.165) is 10.0 Å². The van der Waals surface area contributed by atoms with E-state index in [9.17, 15) is 4.79 Å². The van der Waals surface area contributed by atoms with Crippen molar-refractivity contribution >= 4 is 50.9 Å². The van der Waals surface area contributed by atoms with Crippen molar-refractivity contribution in [3.8, 4) is 5.75 Å². The molecule has 0 saturated carbocycles. The minimum atomic E-state index is -1.46. The van der Waals surface area contributed by atoms with Crippen molar-refractivity contribution in [1.82, 2.24) is 5.43 Å². The van der Waals surface area contributed by atoms with Crippen LogP contribution < -0.4 is 16.0 Å². The van der Waals surface area contributed by atoms with Crippen LogP contribution in [-0.2, 0) is 16.0 Å². The second-order valence-corrected chi connectivity index (χ2v) is 9.89. The lowest BCUT2D eigenvalue weighted by molar-refractivity contribution is -0.129. The van der Waals surface area contributed by atoms with Crippen LogP contribution in [0, 0.1) is 0 Å². The topological polar surface area (TPSA) is 106 Å². The van der Waals surface area contributed by atoms with Crippen molar-refractivity contribution < 1.29 is 19.4 Å². The Balaban J connectivity index is 1.79. The standard InChI is InChI=1S/C26H24BrCl2N3O4/c27-21-5-2-1-4-17(21)15-26(25(34)32-30)23(20-11-8-18(28)14-22(20)29)36-24(31-26)16-6-9-19(10-7-16)35-13-3-12-33/h1-2,4-11,14,23,33H,3,12-13,15,30H2,(H,32,34)/t23-,26-/m0/s1. The third kappa shape index (κ3) is 5.53. The fraction of sp³-hybridized carbons (Fsp3) is 0.231. The predicted octanol–water partition coefficient (Wildman–Crippen LogP) is 5.01. The Morgan fingerprint density at radius 2 is 1.92 bits per heavy atom. The van der Waals surface area contributed by atoms with Gasteiger partial charge in [0.25, 0.3) is 5.91 Å². The van der Waals surface area contributed by atoms with E-state index >= 15 is 0 Å². The van der Waals surface area contributed by atoms with E-state index in [2.05, 4.69) is 21.4 Å². The van der Waals surface area contributed by atoms with Gasteiger partial charge in [-0.15, -0.1) is 0 Å². The second kappa shape index (κ2) is 11.6. The number of benzene rings is 3. The Morgan fingerprint density at radius 1 is 1.17 bits per heavy atom. The lowest BCUT2D eigenvalue weighted by Crippen LogP contribution is -2.52. The van der Waals surface area contributed by atoms with Crippen LogP contribution >= 0.6 is 39.1 Å². The summed E-state index contributed by atoms with van der Waals surface area (Å²) >= 11 is 16.3. The molecule has 36 heavy (non-hydrogen) atoms. The van der Waals surface area contributed by atoms with Gasteiger partial charge in [-0.1, -0.05) is 63.4 Å². The molecule has 0 aliphatic carbocycles. The molecule has 1 heterocycles. The SMILES string of the molecule is NNC(=O)[C@@]1(Cc2ccccc2Br)N=C(c2ccc(OCCCO)cc2)O[C@H]1c1ccc(Cl)cc1Cl. The molecule has 0 unspecified atom stereocenters. The predicted molar refractivity (Wildman–Crippen MR) is 143 cm³/mol. The van der Waals surface area contributed by atoms with Gasteiger partial charge in [0.2, 0.25) is 5.90 Å². The third-order valence-corrected chi connectivity index (χ3v) is 7.16. The van der Waals surface area contributed by atoms with Crippen LogP contribution in [0.2, 0.25) is 10.0 Å². The van der Waals surface area contributed by atoms with Gasteiger partial charge in [0.05, 0.1) is 6.61 Å². The van der Waals surface area contributed by atoms with Crippen molar-refractivity contribution in [2.45, 2.75) is 24.5 Å². The monoisotopic (exact) mass is 591 g/mol. The van der Waals surface area contributed by atoms with Crippen molar-refractivity contribution in [3.05, 3.63) is 97.9 Å². The van der Waals surface area contributed by atoms with Crippen molar-refractivity contribution in [1.29, 1.82) is 0 Å². The van der Waals surface area contributed by atoms with Gasteiger partial charge in [-0.2, -0.15) is 0 Å². The van der Waals surface area contributed by atoms with Gasteiger partial charge in [0.1, 0.15) is 5.75 Å². The lowest BCUT2D eigenvalue weighted by atomic mass is 9.82. The van der Waals surface area contributed by atoms with E-state index < -0.39 is 17.6 Å². The second-order valence-electron chi connectivity index (χ2n) is 8.20. The van der Waals surface area contributed by atoms with Crippen LogP contribution in [0.15, 0.2) is 76.2 Å². The van der Waals surface area contributed by atoms with E-state index in [-0.39, 0.29) is 18.9 Å². The molecule has 7 nitrogen and oxygen atoms in total. The number of nitrogens with two attached hydrogens (primary N) is 1. The summed E-state index contributed by atoms with van der Waals surface area (Å²) in [6.07, 6.45) is -0.159. The maximum atomic E-state index is 13.4. The zero-order valence-electron chi connectivity index (χ0n) is 19.1. The maximum absolute atomic E-state index is 13.4. The minimum absolute atomic E-state index is 0.0557. The summed E-state index contributed by atoms with van der Waals surface area (Å²) in [4.78, 5) is 18.3. The number of ether oxygens (including phenoxy) is 2. The summed E-state index contributed by atoms with van der Waals surface area (Å²) in [6, 6.07) is 19.7. The molecular weight excluding hydrogens is 569 g/mol. The smallest absolute Gasteiger partial charge is 0.266 e. The molecule has 0 bridgehead atoms. The number of aliphatic hydroxyl groups is 1. The number of nitrogens with one attached hydrogen (secondary N) is 1. The van der Waals surface area contributed by atoms with Gasteiger partial charge in [-0.3, -0.25) is 10.2 Å². The summed E-state index contributed by atoms with van der Waals surface area (Å²) in [5.74, 6) is 6.06. The Bertz CT molecular complexity index is 1270. The molecule has 1 aliphatic heterocycles. The van der Waals surface area contributed by atoms with Crippen LogP contribution in [0.4, 0.5) is 0 Å². The highest BCUT2D eigenvalue weighted by molar-refractivity contribution is 9.10. The first-order valence-electron chi connectivity index (χ1n) is 11.2. The molecule has 0 spiro atoms.